The van der Waals surface area contributed by atoms with Gasteiger partial charge in [0.25, 0.3) is 0 Å². The van der Waals surface area contributed by atoms with Crippen molar-refractivity contribution in [1.82, 2.24) is 0 Å². The van der Waals surface area contributed by atoms with Crippen LogP contribution in [0.4, 0.5) is 0 Å². The van der Waals surface area contributed by atoms with Crippen LogP contribution in [0.1, 0.15) is 55.4 Å². The zero-order chi connectivity index (χ0) is 17.4. The molecule has 136 valence electrons. The van der Waals surface area contributed by atoms with Crippen molar-refractivity contribution in [3.63, 3.8) is 0 Å². The Hall–Kier alpha value is 0.540. The van der Waals surface area contributed by atoms with Gasteiger partial charge in [-0.25, -0.2) is 0 Å². The minimum absolute atomic E-state index is 0.00713. The van der Waals surface area contributed by atoms with E-state index < -0.39 is 11.6 Å². The van der Waals surface area contributed by atoms with E-state index in [4.69, 9.17) is 18.9 Å². The number of ether oxygens (including phenoxy) is 4. The fourth-order valence-electron chi connectivity index (χ4n) is 2.92. The second kappa shape index (κ2) is 7.42. The van der Waals surface area contributed by atoms with Crippen molar-refractivity contribution in [3.05, 3.63) is 0 Å². The summed E-state index contributed by atoms with van der Waals surface area (Å²) < 4.78 is 24.7. The zero-order valence-corrected chi connectivity index (χ0v) is 17.3. The normalized spacial score (nSPS) is 33.3. The molecule has 0 aromatic carbocycles. The summed E-state index contributed by atoms with van der Waals surface area (Å²) in [5.41, 5.74) is 0. The maximum atomic E-state index is 6.31. The molecule has 23 heavy (non-hydrogen) atoms. The molecule has 0 aliphatic carbocycles. The van der Waals surface area contributed by atoms with Gasteiger partial charge in [-0.3, -0.25) is 0 Å². The molecule has 3 atom stereocenters. The van der Waals surface area contributed by atoms with Crippen LogP contribution in [-0.4, -0.2) is 51.6 Å². The average molecular weight is 365 g/mol. The first-order valence-corrected chi connectivity index (χ1v) is 10.4. The van der Waals surface area contributed by atoms with E-state index in [1.165, 1.54) is 0 Å². The van der Waals surface area contributed by atoms with E-state index in [0.717, 1.165) is 0 Å². The fraction of sp³-hybridized carbons (Fsp3) is 1.00. The third-order valence-corrected chi connectivity index (χ3v) is 6.47. The van der Waals surface area contributed by atoms with Crippen molar-refractivity contribution in [2.24, 2.45) is 0 Å². The Morgan fingerprint density at radius 2 is 1.39 bits per heavy atom. The maximum Gasteiger partial charge on any atom is 0.163 e. The van der Waals surface area contributed by atoms with Crippen LogP contribution in [0, 0.1) is 0 Å². The second-order valence-electron chi connectivity index (χ2n) is 7.67. The van der Waals surface area contributed by atoms with Gasteiger partial charge in [0, 0.05) is 10.5 Å². The molecule has 2 rings (SSSR count). The molecule has 2 fully saturated rings. The third-order valence-electron chi connectivity index (χ3n) is 3.64. The predicted octanol–water partition coefficient (Wildman–Crippen LogP) is 4.27. The Balaban J connectivity index is 2.17. The van der Waals surface area contributed by atoms with E-state index >= 15 is 0 Å². The highest BCUT2D eigenvalue weighted by Gasteiger charge is 2.52. The van der Waals surface area contributed by atoms with Gasteiger partial charge in [0.15, 0.2) is 11.6 Å². The Morgan fingerprint density at radius 3 is 1.83 bits per heavy atom. The molecule has 0 radical (unpaired) electrons. The monoisotopic (exact) mass is 364 g/mol. The van der Waals surface area contributed by atoms with E-state index in [0.29, 0.717) is 21.7 Å². The van der Waals surface area contributed by atoms with Gasteiger partial charge in [0.2, 0.25) is 0 Å². The number of rotatable bonds is 6. The van der Waals surface area contributed by atoms with E-state index in [2.05, 4.69) is 27.7 Å². The molecule has 2 aliphatic rings. The van der Waals surface area contributed by atoms with Gasteiger partial charge in [0.1, 0.15) is 18.3 Å². The topological polar surface area (TPSA) is 36.9 Å². The number of hydrogen-bond donors (Lipinski definition) is 0. The van der Waals surface area contributed by atoms with Gasteiger partial charge in [0.05, 0.1) is 11.2 Å². The Morgan fingerprint density at radius 1 is 0.826 bits per heavy atom. The lowest BCUT2D eigenvalue weighted by molar-refractivity contribution is -0.174. The molecule has 0 unspecified atom stereocenters. The number of thioether (sulfide) groups is 2. The summed E-state index contributed by atoms with van der Waals surface area (Å²) in [6.07, 6.45) is -0.193. The summed E-state index contributed by atoms with van der Waals surface area (Å²) in [5, 5.41) is 1.08. The first-order valence-electron chi connectivity index (χ1n) is 8.47. The fourth-order valence-corrected chi connectivity index (χ4v) is 6.31. The van der Waals surface area contributed by atoms with Crippen LogP contribution in [0.15, 0.2) is 0 Å². The van der Waals surface area contributed by atoms with Crippen molar-refractivity contribution < 1.29 is 18.9 Å². The molecule has 2 aliphatic heterocycles. The Bertz CT molecular complexity index is 388. The largest absolute Gasteiger partial charge is 0.348 e. The van der Waals surface area contributed by atoms with Gasteiger partial charge in [-0.1, -0.05) is 27.7 Å². The minimum Gasteiger partial charge on any atom is -0.348 e. The third kappa shape index (κ3) is 5.51. The smallest absolute Gasteiger partial charge is 0.163 e. The molecule has 0 N–H and O–H groups in total. The summed E-state index contributed by atoms with van der Waals surface area (Å²) in [4.78, 5) is 0. The maximum absolute atomic E-state index is 6.31. The second-order valence-corrected chi connectivity index (χ2v) is 11.4. The Kier molecular flexibility index (Phi) is 6.41. The van der Waals surface area contributed by atoms with Crippen LogP contribution < -0.4 is 0 Å². The van der Waals surface area contributed by atoms with Gasteiger partial charge in [-0.2, -0.15) is 0 Å². The summed E-state index contributed by atoms with van der Waals surface area (Å²) >= 11 is 3.90. The average Bonchev–Trinajstić information content (AvgIpc) is 2.87. The highest BCUT2D eigenvalue weighted by Crippen LogP contribution is 2.44. The van der Waals surface area contributed by atoms with Gasteiger partial charge in [-0.05, 0) is 27.7 Å². The van der Waals surface area contributed by atoms with E-state index in [9.17, 15) is 0 Å². The lowest BCUT2D eigenvalue weighted by Crippen LogP contribution is -2.42. The first kappa shape index (κ1) is 19.9. The standard InChI is InChI=1S/C17H32O4S2/c1-10(2)22-15(23-11(3)4)14-13(20-17(7,8)21-14)12-9-18-16(5,6)19-12/h10-15H,9H2,1-8H3/t12-,13-,14-/m1/s1. The molecule has 0 saturated carbocycles. The van der Waals surface area contributed by atoms with Gasteiger partial charge in [-0.15, -0.1) is 23.5 Å². The van der Waals surface area contributed by atoms with Crippen molar-refractivity contribution in [1.29, 1.82) is 0 Å². The molecule has 0 aromatic heterocycles. The minimum atomic E-state index is -0.585. The van der Waals surface area contributed by atoms with Crippen molar-refractivity contribution in [2.75, 3.05) is 6.61 Å². The SMILES string of the molecule is CC(C)SC(SC(C)C)[C@@H]1OC(C)(C)O[C@@H]1[C@H]1COC(C)(C)O1. The molecule has 4 nitrogen and oxygen atoms in total. The Labute approximate surface area is 149 Å². The van der Waals surface area contributed by atoms with Crippen molar-refractivity contribution in [2.45, 2.75) is 100 Å². The van der Waals surface area contributed by atoms with Crippen LogP contribution in [0.25, 0.3) is 0 Å². The highest BCUT2D eigenvalue weighted by molar-refractivity contribution is 8.17. The van der Waals surface area contributed by atoms with Crippen LogP contribution >= 0.6 is 23.5 Å². The van der Waals surface area contributed by atoms with Crippen molar-refractivity contribution in [3.8, 4) is 0 Å². The molecule has 0 spiro atoms. The zero-order valence-electron chi connectivity index (χ0n) is 15.6. The van der Waals surface area contributed by atoms with E-state index in [1.807, 2.05) is 51.2 Å². The quantitative estimate of drug-likeness (QED) is 0.655. The summed E-state index contributed by atoms with van der Waals surface area (Å²) in [6, 6.07) is 0. The molecule has 2 heterocycles. The summed E-state index contributed by atoms with van der Waals surface area (Å²) in [5.74, 6) is -1.13. The van der Waals surface area contributed by atoms with Gasteiger partial charge < -0.3 is 18.9 Å². The summed E-state index contributed by atoms with van der Waals surface area (Å²) in [7, 11) is 0. The number of hydrogen-bond acceptors (Lipinski definition) is 6. The van der Waals surface area contributed by atoms with E-state index in [-0.39, 0.29) is 18.3 Å². The molecule has 2 saturated heterocycles. The molecule has 0 bridgehead atoms. The molecular weight excluding hydrogens is 332 g/mol. The van der Waals surface area contributed by atoms with Crippen molar-refractivity contribution >= 4 is 23.5 Å². The van der Waals surface area contributed by atoms with Crippen LogP contribution in [0.2, 0.25) is 0 Å². The van der Waals surface area contributed by atoms with Crippen LogP contribution in [0.3, 0.4) is 0 Å². The molecule has 0 aromatic rings. The molecular formula is C17H32O4S2. The molecule has 6 heteroatoms. The van der Waals surface area contributed by atoms with Gasteiger partial charge >= 0.3 is 0 Å². The lowest BCUT2D eigenvalue weighted by Gasteiger charge is -2.30. The highest BCUT2D eigenvalue weighted by atomic mass is 32.2. The van der Waals surface area contributed by atoms with Crippen LogP contribution in [0.5, 0.6) is 0 Å². The van der Waals surface area contributed by atoms with E-state index in [1.54, 1.807) is 0 Å². The van der Waals surface area contributed by atoms with Crippen LogP contribution in [-0.2, 0) is 18.9 Å². The lowest BCUT2D eigenvalue weighted by atomic mass is 10.1. The molecule has 0 amide bonds. The first-order chi connectivity index (χ1) is 10.5. The predicted molar refractivity (Wildman–Crippen MR) is 98.0 cm³/mol. The summed E-state index contributed by atoms with van der Waals surface area (Å²) in [6.45, 7) is 17.3.